The van der Waals surface area contributed by atoms with Gasteiger partial charge >= 0.3 is 6.03 Å². The predicted octanol–water partition coefficient (Wildman–Crippen LogP) is 2.64. The number of carbonyl (C=O) groups is 1. The maximum atomic E-state index is 11.9. The van der Waals surface area contributed by atoms with Gasteiger partial charge in [0, 0.05) is 25.1 Å². The predicted molar refractivity (Wildman–Crippen MR) is 79.9 cm³/mol. The zero-order valence-corrected chi connectivity index (χ0v) is 12.2. The van der Waals surface area contributed by atoms with E-state index in [4.69, 9.17) is 4.74 Å². The molecule has 0 aromatic heterocycles. The molecule has 4 nitrogen and oxygen atoms in total. The summed E-state index contributed by atoms with van der Waals surface area (Å²) < 4.78 is 5.56. The Balaban J connectivity index is 1.84. The van der Waals surface area contributed by atoms with E-state index in [0.717, 1.165) is 29.2 Å². The van der Waals surface area contributed by atoms with Crippen LogP contribution in [0.3, 0.4) is 0 Å². The van der Waals surface area contributed by atoms with Crippen LogP contribution in [-0.4, -0.2) is 36.8 Å². The third kappa shape index (κ3) is 3.88. The van der Waals surface area contributed by atoms with Crippen molar-refractivity contribution in [3.05, 3.63) is 29.8 Å². The Kier molecular flexibility index (Phi) is 4.71. The van der Waals surface area contributed by atoms with Crippen molar-refractivity contribution in [1.29, 1.82) is 0 Å². The first-order valence-corrected chi connectivity index (χ1v) is 7.53. The van der Waals surface area contributed by atoms with E-state index in [-0.39, 0.29) is 11.6 Å². The number of urea groups is 1. The number of ether oxygens (including phenoxy) is 1. The molecule has 0 aliphatic carbocycles. The van der Waals surface area contributed by atoms with E-state index in [1.54, 1.807) is 7.11 Å². The van der Waals surface area contributed by atoms with Crippen molar-refractivity contribution in [3.63, 3.8) is 0 Å². The highest BCUT2D eigenvalue weighted by Gasteiger charge is 2.34. The molecule has 1 aromatic rings. The smallest absolute Gasteiger partial charge is 0.319 e. The number of aryl methyl sites for hydroxylation is 1. The second kappa shape index (κ2) is 6.30. The number of thioether (sulfide) groups is 1. The second-order valence-corrected chi connectivity index (χ2v) is 5.97. The Morgan fingerprint density at radius 3 is 3.00 bits per heavy atom. The Morgan fingerprint density at radius 1 is 1.53 bits per heavy atom. The minimum atomic E-state index is -0.200. The molecule has 1 fully saturated rings. The lowest BCUT2D eigenvalue weighted by Gasteiger charge is -2.26. The van der Waals surface area contributed by atoms with E-state index in [1.807, 2.05) is 43.0 Å². The Labute approximate surface area is 118 Å². The molecule has 0 radical (unpaired) electrons. The van der Waals surface area contributed by atoms with Gasteiger partial charge in [0.05, 0.1) is 5.60 Å². The quantitative estimate of drug-likeness (QED) is 0.891. The summed E-state index contributed by atoms with van der Waals surface area (Å²) in [7, 11) is 1.71. The van der Waals surface area contributed by atoms with E-state index >= 15 is 0 Å². The van der Waals surface area contributed by atoms with Crippen molar-refractivity contribution in [2.45, 2.75) is 18.9 Å². The molecule has 1 aliphatic rings. The second-order valence-electron chi connectivity index (χ2n) is 4.87. The van der Waals surface area contributed by atoms with Gasteiger partial charge in [-0.05, 0) is 36.8 Å². The molecule has 0 spiro atoms. The number of rotatable bonds is 4. The van der Waals surface area contributed by atoms with Gasteiger partial charge in [-0.25, -0.2) is 4.79 Å². The minimum absolute atomic E-state index is 0.182. The maximum absolute atomic E-state index is 11.9. The van der Waals surface area contributed by atoms with Crippen molar-refractivity contribution in [3.8, 4) is 0 Å². The molecule has 0 bridgehead atoms. The van der Waals surface area contributed by atoms with Gasteiger partial charge in [0.2, 0.25) is 0 Å². The van der Waals surface area contributed by atoms with Crippen LogP contribution in [0.4, 0.5) is 10.5 Å². The Bertz CT molecular complexity index is 445. The molecular formula is C14H20N2O2S. The van der Waals surface area contributed by atoms with Gasteiger partial charge < -0.3 is 15.4 Å². The number of nitrogens with one attached hydrogen (secondary N) is 2. The SMILES string of the molecule is COC1(CNC(=O)Nc2cccc(C)c2)CCSC1. The van der Waals surface area contributed by atoms with Crippen molar-refractivity contribution >= 4 is 23.5 Å². The van der Waals surface area contributed by atoms with Crippen LogP contribution in [0, 0.1) is 6.92 Å². The topological polar surface area (TPSA) is 50.4 Å². The van der Waals surface area contributed by atoms with Crippen LogP contribution in [0.15, 0.2) is 24.3 Å². The highest BCUT2D eigenvalue weighted by molar-refractivity contribution is 7.99. The van der Waals surface area contributed by atoms with Crippen LogP contribution in [0.25, 0.3) is 0 Å². The molecule has 104 valence electrons. The van der Waals surface area contributed by atoms with Gasteiger partial charge in [-0.3, -0.25) is 0 Å². The largest absolute Gasteiger partial charge is 0.376 e. The van der Waals surface area contributed by atoms with Crippen LogP contribution < -0.4 is 10.6 Å². The fraction of sp³-hybridized carbons (Fsp3) is 0.500. The summed E-state index contributed by atoms with van der Waals surface area (Å²) in [5.74, 6) is 2.03. The summed E-state index contributed by atoms with van der Waals surface area (Å²) in [6, 6.07) is 7.56. The summed E-state index contributed by atoms with van der Waals surface area (Å²) >= 11 is 1.87. The fourth-order valence-electron chi connectivity index (χ4n) is 2.10. The molecule has 2 amide bonds. The lowest BCUT2D eigenvalue weighted by atomic mass is 10.0. The van der Waals surface area contributed by atoms with Crippen LogP contribution in [0.1, 0.15) is 12.0 Å². The highest BCUT2D eigenvalue weighted by atomic mass is 32.2. The fourth-order valence-corrected chi connectivity index (χ4v) is 3.50. The van der Waals surface area contributed by atoms with Gasteiger partial charge in [-0.2, -0.15) is 11.8 Å². The molecule has 2 rings (SSSR count). The lowest BCUT2D eigenvalue weighted by Crippen LogP contribution is -2.45. The summed E-state index contributed by atoms with van der Waals surface area (Å²) in [5.41, 5.74) is 1.73. The molecule has 1 aliphatic heterocycles. The van der Waals surface area contributed by atoms with Crippen LogP contribution >= 0.6 is 11.8 Å². The molecule has 1 aromatic carbocycles. The van der Waals surface area contributed by atoms with E-state index in [9.17, 15) is 4.79 Å². The van der Waals surface area contributed by atoms with Crippen LogP contribution in [0.5, 0.6) is 0 Å². The van der Waals surface area contributed by atoms with Gasteiger partial charge in [-0.1, -0.05) is 12.1 Å². The lowest BCUT2D eigenvalue weighted by molar-refractivity contribution is 0.0161. The van der Waals surface area contributed by atoms with Crippen LogP contribution in [-0.2, 0) is 4.74 Å². The number of amides is 2. The number of benzene rings is 1. The minimum Gasteiger partial charge on any atom is -0.376 e. The molecule has 5 heteroatoms. The van der Waals surface area contributed by atoms with Crippen molar-refractivity contribution in [1.82, 2.24) is 5.32 Å². The number of hydrogen-bond donors (Lipinski definition) is 2. The van der Waals surface area contributed by atoms with E-state index < -0.39 is 0 Å². The van der Waals surface area contributed by atoms with Crippen molar-refractivity contribution in [2.24, 2.45) is 0 Å². The van der Waals surface area contributed by atoms with E-state index in [2.05, 4.69) is 10.6 Å². The van der Waals surface area contributed by atoms with Crippen LogP contribution in [0.2, 0.25) is 0 Å². The molecule has 1 saturated heterocycles. The average Bonchev–Trinajstić information content (AvgIpc) is 2.86. The Hall–Kier alpha value is -1.20. The summed E-state index contributed by atoms with van der Waals surface area (Å²) in [4.78, 5) is 11.9. The summed E-state index contributed by atoms with van der Waals surface area (Å²) in [5, 5.41) is 5.73. The maximum Gasteiger partial charge on any atom is 0.319 e. The molecule has 1 unspecified atom stereocenters. The first-order chi connectivity index (χ1) is 9.13. The number of methoxy groups -OCH3 is 1. The van der Waals surface area contributed by atoms with Gasteiger partial charge in [0.25, 0.3) is 0 Å². The third-order valence-electron chi connectivity index (χ3n) is 3.35. The molecule has 1 heterocycles. The molecular weight excluding hydrogens is 260 g/mol. The Morgan fingerprint density at radius 2 is 2.37 bits per heavy atom. The van der Waals surface area contributed by atoms with Crippen molar-refractivity contribution < 1.29 is 9.53 Å². The number of anilines is 1. The zero-order chi connectivity index (χ0) is 13.7. The van der Waals surface area contributed by atoms with E-state index in [0.29, 0.717) is 6.54 Å². The molecule has 19 heavy (non-hydrogen) atoms. The van der Waals surface area contributed by atoms with Gasteiger partial charge in [-0.15, -0.1) is 0 Å². The van der Waals surface area contributed by atoms with Crippen molar-refractivity contribution in [2.75, 3.05) is 30.5 Å². The van der Waals surface area contributed by atoms with Gasteiger partial charge in [0.15, 0.2) is 0 Å². The first-order valence-electron chi connectivity index (χ1n) is 6.38. The number of hydrogen-bond acceptors (Lipinski definition) is 3. The zero-order valence-electron chi connectivity index (χ0n) is 11.4. The highest BCUT2D eigenvalue weighted by Crippen LogP contribution is 2.30. The molecule has 0 saturated carbocycles. The molecule has 2 N–H and O–H groups in total. The van der Waals surface area contributed by atoms with E-state index in [1.165, 1.54) is 0 Å². The third-order valence-corrected chi connectivity index (χ3v) is 4.57. The van der Waals surface area contributed by atoms with Gasteiger partial charge in [0.1, 0.15) is 0 Å². The monoisotopic (exact) mass is 280 g/mol. The summed E-state index contributed by atoms with van der Waals surface area (Å²) in [6.45, 7) is 2.55. The molecule has 1 atom stereocenters. The average molecular weight is 280 g/mol. The summed E-state index contributed by atoms with van der Waals surface area (Å²) in [6.07, 6.45) is 0.985. The first kappa shape index (κ1) is 14.2. The normalized spacial score (nSPS) is 22.2. The standard InChI is InChI=1S/C14H20N2O2S/c1-11-4-3-5-12(8-11)16-13(17)15-9-14(18-2)6-7-19-10-14/h3-5,8H,6-7,9-10H2,1-2H3,(H2,15,16,17). The number of carbonyl (C=O) groups excluding carboxylic acids is 1.